The van der Waals surface area contributed by atoms with Gasteiger partial charge in [-0.1, -0.05) is 93.6 Å². The Labute approximate surface area is 223 Å². The minimum atomic E-state index is 0.0154. The third-order valence-corrected chi connectivity index (χ3v) is 6.90. The quantitative estimate of drug-likeness (QED) is 0.247. The van der Waals surface area contributed by atoms with E-state index in [1.165, 1.54) is 16.7 Å². The summed E-state index contributed by atoms with van der Waals surface area (Å²) in [4.78, 5) is 14.5. The summed E-state index contributed by atoms with van der Waals surface area (Å²) in [6, 6.07) is 38.3. The van der Waals surface area contributed by atoms with Gasteiger partial charge < -0.3 is 0 Å². The number of benzene rings is 4. The van der Waals surface area contributed by atoms with E-state index in [0.717, 1.165) is 38.9 Å². The van der Waals surface area contributed by atoms with E-state index in [2.05, 4.69) is 123 Å². The zero-order chi connectivity index (χ0) is 26.1. The minimum Gasteiger partial charge on any atom is -0.264 e. The molecule has 38 heavy (non-hydrogen) atoms. The van der Waals surface area contributed by atoms with Crippen LogP contribution in [0.25, 0.3) is 55.8 Å². The van der Waals surface area contributed by atoms with Gasteiger partial charge in [0.25, 0.3) is 0 Å². The fourth-order valence-corrected chi connectivity index (χ4v) is 4.80. The van der Waals surface area contributed by atoms with Gasteiger partial charge in [0, 0.05) is 28.9 Å². The Kier molecular flexibility index (Phi) is 6.05. The first-order chi connectivity index (χ1) is 18.5. The van der Waals surface area contributed by atoms with Crippen LogP contribution in [0.2, 0.25) is 0 Å². The van der Waals surface area contributed by atoms with Crippen molar-refractivity contribution in [3.05, 3.63) is 127 Å². The smallest absolute Gasteiger partial charge is 0.161 e. The number of hydrogen-bond acceptors (Lipinski definition) is 3. The van der Waals surface area contributed by atoms with Crippen molar-refractivity contribution in [3.8, 4) is 44.9 Å². The molecule has 0 spiro atoms. The Balaban J connectivity index is 1.64. The molecule has 0 radical (unpaired) electrons. The van der Waals surface area contributed by atoms with E-state index in [9.17, 15) is 0 Å². The molecule has 4 aromatic carbocycles. The van der Waals surface area contributed by atoms with Gasteiger partial charge in [-0.2, -0.15) is 0 Å². The van der Waals surface area contributed by atoms with Gasteiger partial charge in [0.15, 0.2) is 5.82 Å². The number of fused-ring (bicyclic) bond motifs is 1. The Morgan fingerprint density at radius 3 is 1.71 bits per heavy atom. The molecule has 184 valence electrons. The average Bonchev–Trinajstić information content (AvgIpc) is 2.97. The van der Waals surface area contributed by atoms with Crippen molar-refractivity contribution in [2.45, 2.75) is 26.2 Å². The highest BCUT2D eigenvalue weighted by atomic mass is 14.9. The molecule has 0 amide bonds. The van der Waals surface area contributed by atoms with Gasteiger partial charge in [-0.05, 0) is 69.6 Å². The molecule has 0 fully saturated rings. The summed E-state index contributed by atoms with van der Waals surface area (Å²) in [5.74, 6) is 0.679. The van der Waals surface area contributed by atoms with Crippen LogP contribution in [0.15, 0.2) is 122 Å². The van der Waals surface area contributed by atoms with Crippen molar-refractivity contribution >= 4 is 10.9 Å². The van der Waals surface area contributed by atoms with Gasteiger partial charge in [0.2, 0.25) is 0 Å². The zero-order valence-corrected chi connectivity index (χ0v) is 21.9. The van der Waals surface area contributed by atoms with E-state index < -0.39 is 0 Å². The van der Waals surface area contributed by atoms with Crippen LogP contribution in [0, 0.1) is 0 Å². The van der Waals surface area contributed by atoms with E-state index in [0.29, 0.717) is 5.82 Å². The monoisotopic (exact) mass is 491 g/mol. The maximum absolute atomic E-state index is 5.15. The SMILES string of the molecule is CC(C)(C)c1ccc2c(-c3cc(-c4ccccc4)cc(-c4ccccc4)c3)nc(-c3cccnc3)nc2c1. The summed E-state index contributed by atoms with van der Waals surface area (Å²) in [5, 5.41) is 1.04. The Morgan fingerprint density at radius 2 is 1.13 bits per heavy atom. The van der Waals surface area contributed by atoms with Crippen molar-refractivity contribution < 1.29 is 0 Å². The summed E-state index contributed by atoms with van der Waals surface area (Å²) < 4.78 is 0. The van der Waals surface area contributed by atoms with E-state index >= 15 is 0 Å². The number of nitrogens with zero attached hydrogens (tertiary/aromatic N) is 3. The van der Waals surface area contributed by atoms with Crippen LogP contribution >= 0.6 is 0 Å². The molecule has 0 N–H and O–H groups in total. The summed E-state index contributed by atoms with van der Waals surface area (Å²) in [6.07, 6.45) is 3.60. The van der Waals surface area contributed by atoms with Gasteiger partial charge in [0.05, 0.1) is 11.2 Å². The molecule has 6 aromatic rings. The molecule has 0 saturated carbocycles. The first-order valence-electron chi connectivity index (χ1n) is 12.9. The molecule has 0 saturated heterocycles. The van der Waals surface area contributed by atoms with E-state index in [1.807, 2.05) is 18.3 Å². The number of rotatable bonds is 4. The molecule has 0 aliphatic carbocycles. The maximum atomic E-state index is 5.15. The second-order valence-corrected chi connectivity index (χ2v) is 10.7. The van der Waals surface area contributed by atoms with Crippen LogP contribution in [0.5, 0.6) is 0 Å². The summed E-state index contributed by atoms with van der Waals surface area (Å²) in [6.45, 7) is 6.69. The molecule has 0 atom stereocenters. The number of aromatic nitrogens is 3. The van der Waals surface area contributed by atoms with Crippen molar-refractivity contribution in [3.63, 3.8) is 0 Å². The Bertz CT molecular complexity index is 1660. The molecule has 6 rings (SSSR count). The van der Waals surface area contributed by atoms with Crippen LogP contribution in [0.1, 0.15) is 26.3 Å². The highest BCUT2D eigenvalue weighted by molar-refractivity contribution is 5.96. The van der Waals surface area contributed by atoms with Crippen LogP contribution in [-0.2, 0) is 5.41 Å². The molecular weight excluding hydrogens is 462 g/mol. The third-order valence-electron chi connectivity index (χ3n) is 6.90. The lowest BCUT2D eigenvalue weighted by Crippen LogP contribution is -2.11. The average molecular weight is 492 g/mol. The zero-order valence-electron chi connectivity index (χ0n) is 21.9. The maximum Gasteiger partial charge on any atom is 0.161 e. The van der Waals surface area contributed by atoms with Gasteiger partial charge >= 0.3 is 0 Å². The van der Waals surface area contributed by atoms with Crippen molar-refractivity contribution in [2.75, 3.05) is 0 Å². The molecule has 0 aliphatic rings. The summed E-state index contributed by atoms with van der Waals surface area (Å²) in [5.41, 5.74) is 9.74. The lowest BCUT2D eigenvalue weighted by Gasteiger charge is -2.20. The first kappa shape index (κ1) is 23.7. The third kappa shape index (κ3) is 4.71. The van der Waals surface area contributed by atoms with Crippen LogP contribution < -0.4 is 0 Å². The first-order valence-corrected chi connectivity index (χ1v) is 12.9. The van der Waals surface area contributed by atoms with Crippen LogP contribution in [0.4, 0.5) is 0 Å². The molecule has 3 nitrogen and oxygen atoms in total. The predicted octanol–water partition coefficient (Wildman–Crippen LogP) is 8.99. The molecule has 0 aliphatic heterocycles. The topological polar surface area (TPSA) is 38.7 Å². The van der Waals surface area contributed by atoms with Gasteiger partial charge in [0.1, 0.15) is 0 Å². The Hall–Kier alpha value is -4.63. The second kappa shape index (κ2) is 9.68. The normalized spacial score (nSPS) is 11.6. The number of pyridine rings is 1. The molecule has 0 bridgehead atoms. The fraction of sp³-hybridized carbons (Fsp3) is 0.114. The van der Waals surface area contributed by atoms with E-state index in [-0.39, 0.29) is 5.41 Å². The number of hydrogen-bond donors (Lipinski definition) is 0. The molecular formula is C35H29N3. The van der Waals surface area contributed by atoms with Crippen molar-refractivity contribution in [1.29, 1.82) is 0 Å². The highest BCUT2D eigenvalue weighted by Gasteiger charge is 2.18. The fourth-order valence-electron chi connectivity index (χ4n) is 4.80. The minimum absolute atomic E-state index is 0.0154. The summed E-state index contributed by atoms with van der Waals surface area (Å²) >= 11 is 0. The Morgan fingerprint density at radius 1 is 0.526 bits per heavy atom. The predicted molar refractivity (Wildman–Crippen MR) is 158 cm³/mol. The molecule has 3 heteroatoms. The standard InChI is InChI=1S/C35H29N3/c1-35(2,3)30-16-17-31-32(22-30)37-34(26-15-10-18-36-23-26)38-33(31)29-20-27(24-11-6-4-7-12-24)19-28(21-29)25-13-8-5-9-14-25/h4-23H,1-3H3. The van der Waals surface area contributed by atoms with Gasteiger partial charge in [-0.15, -0.1) is 0 Å². The van der Waals surface area contributed by atoms with Crippen LogP contribution in [-0.4, -0.2) is 15.0 Å². The lowest BCUT2D eigenvalue weighted by molar-refractivity contribution is 0.591. The molecule has 2 heterocycles. The molecule has 0 unspecified atom stereocenters. The lowest BCUT2D eigenvalue weighted by atomic mass is 9.86. The largest absolute Gasteiger partial charge is 0.264 e. The summed E-state index contributed by atoms with van der Waals surface area (Å²) in [7, 11) is 0. The van der Waals surface area contributed by atoms with Crippen molar-refractivity contribution in [1.82, 2.24) is 15.0 Å². The highest BCUT2D eigenvalue weighted by Crippen LogP contribution is 2.37. The van der Waals surface area contributed by atoms with Crippen LogP contribution in [0.3, 0.4) is 0 Å². The van der Waals surface area contributed by atoms with Gasteiger partial charge in [-0.3, -0.25) is 4.98 Å². The van der Waals surface area contributed by atoms with Gasteiger partial charge in [-0.25, -0.2) is 9.97 Å². The van der Waals surface area contributed by atoms with E-state index in [4.69, 9.17) is 9.97 Å². The van der Waals surface area contributed by atoms with E-state index in [1.54, 1.807) is 6.20 Å². The molecule has 2 aromatic heterocycles. The second-order valence-electron chi connectivity index (χ2n) is 10.7. The van der Waals surface area contributed by atoms with Crippen molar-refractivity contribution in [2.24, 2.45) is 0 Å².